The molecule has 2 heterocycles. The van der Waals surface area contributed by atoms with Gasteiger partial charge in [-0.25, -0.2) is 4.98 Å². The van der Waals surface area contributed by atoms with Crippen molar-refractivity contribution in [3.05, 3.63) is 47.2 Å². The molecule has 1 aliphatic rings. The van der Waals surface area contributed by atoms with Crippen LogP contribution in [0.4, 0.5) is 0 Å². The molecule has 1 aliphatic heterocycles. The minimum atomic E-state index is 0.205. The van der Waals surface area contributed by atoms with Crippen LogP contribution in [0.25, 0.3) is 0 Å². The second kappa shape index (κ2) is 9.30. The van der Waals surface area contributed by atoms with E-state index in [0.717, 1.165) is 29.0 Å². The lowest BCUT2D eigenvalue weighted by Crippen LogP contribution is -2.36. The van der Waals surface area contributed by atoms with Gasteiger partial charge in [0.2, 0.25) is 5.88 Å². The van der Waals surface area contributed by atoms with E-state index in [1.54, 1.807) is 20.4 Å². The van der Waals surface area contributed by atoms with Crippen molar-refractivity contribution in [2.75, 3.05) is 20.8 Å². The van der Waals surface area contributed by atoms with E-state index in [0.29, 0.717) is 31.5 Å². The van der Waals surface area contributed by atoms with Crippen LogP contribution >= 0.6 is 0 Å². The van der Waals surface area contributed by atoms with E-state index in [1.807, 2.05) is 19.1 Å². The summed E-state index contributed by atoms with van der Waals surface area (Å²) in [5.41, 5.74) is 3.20. The maximum absolute atomic E-state index is 5.89. The van der Waals surface area contributed by atoms with Crippen LogP contribution in [0.5, 0.6) is 17.4 Å². The van der Waals surface area contributed by atoms with Crippen molar-refractivity contribution in [3.8, 4) is 17.4 Å². The van der Waals surface area contributed by atoms with E-state index < -0.39 is 0 Å². The van der Waals surface area contributed by atoms with Gasteiger partial charge in [0, 0.05) is 49.4 Å². The van der Waals surface area contributed by atoms with Crippen molar-refractivity contribution in [1.29, 1.82) is 0 Å². The predicted octanol–water partition coefficient (Wildman–Crippen LogP) is 2.68. The van der Waals surface area contributed by atoms with Crippen LogP contribution in [0.15, 0.2) is 35.5 Å². The summed E-state index contributed by atoms with van der Waals surface area (Å²) in [6.07, 6.45) is 2.83. The normalized spacial score (nSPS) is 15.6. The zero-order chi connectivity index (χ0) is 19.9. The molecule has 0 saturated carbocycles. The molecule has 3 rings (SSSR count). The fourth-order valence-electron chi connectivity index (χ4n) is 3.23. The van der Waals surface area contributed by atoms with Gasteiger partial charge in [-0.15, -0.1) is 0 Å². The highest BCUT2D eigenvalue weighted by Crippen LogP contribution is 2.35. The third-order valence-electron chi connectivity index (χ3n) is 4.54. The molecule has 150 valence electrons. The Bertz CT molecular complexity index is 838. The van der Waals surface area contributed by atoms with E-state index in [2.05, 4.69) is 39.7 Å². The lowest BCUT2D eigenvalue weighted by atomic mass is 10.1. The van der Waals surface area contributed by atoms with E-state index in [4.69, 9.17) is 14.2 Å². The molecule has 0 spiro atoms. The van der Waals surface area contributed by atoms with E-state index >= 15 is 0 Å². The molecular formula is C21H28N4O3. The third-order valence-corrected chi connectivity index (χ3v) is 4.54. The van der Waals surface area contributed by atoms with Gasteiger partial charge in [0.15, 0.2) is 5.96 Å². The van der Waals surface area contributed by atoms with Crippen molar-refractivity contribution >= 4 is 5.96 Å². The maximum atomic E-state index is 5.89. The molecule has 2 aromatic rings. The Labute approximate surface area is 166 Å². The lowest BCUT2D eigenvalue weighted by Gasteiger charge is -2.16. The molecule has 1 aromatic heterocycles. The van der Waals surface area contributed by atoms with Gasteiger partial charge in [-0.2, -0.15) is 0 Å². The number of benzene rings is 1. The monoisotopic (exact) mass is 384 g/mol. The minimum Gasteiger partial charge on any atom is -0.494 e. The Morgan fingerprint density at radius 1 is 1.29 bits per heavy atom. The van der Waals surface area contributed by atoms with Crippen LogP contribution in [0.3, 0.4) is 0 Å². The molecule has 7 nitrogen and oxygen atoms in total. The summed E-state index contributed by atoms with van der Waals surface area (Å²) in [6.45, 7) is 5.82. The molecular weight excluding hydrogens is 356 g/mol. The van der Waals surface area contributed by atoms with Crippen LogP contribution in [0, 0.1) is 0 Å². The fourth-order valence-corrected chi connectivity index (χ4v) is 3.23. The number of guanidine groups is 1. The van der Waals surface area contributed by atoms with E-state index in [-0.39, 0.29) is 6.10 Å². The zero-order valence-corrected chi connectivity index (χ0v) is 16.9. The van der Waals surface area contributed by atoms with Crippen LogP contribution < -0.4 is 24.8 Å². The average Bonchev–Trinajstić information content (AvgIpc) is 3.07. The molecule has 1 atom stereocenters. The molecule has 0 fully saturated rings. The molecule has 0 saturated heterocycles. The number of fused-ring (bicyclic) bond motifs is 1. The van der Waals surface area contributed by atoms with Gasteiger partial charge < -0.3 is 24.8 Å². The minimum absolute atomic E-state index is 0.205. The van der Waals surface area contributed by atoms with Crippen LogP contribution in [0.1, 0.15) is 30.5 Å². The molecule has 2 N–H and O–H groups in total. The number of rotatable bonds is 7. The first-order valence-corrected chi connectivity index (χ1v) is 9.52. The van der Waals surface area contributed by atoms with E-state index in [9.17, 15) is 0 Å². The van der Waals surface area contributed by atoms with Crippen molar-refractivity contribution in [2.24, 2.45) is 4.99 Å². The summed E-state index contributed by atoms with van der Waals surface area (Å²) in [6, 6.07) is 8.01. The molecule has 1 unspecified atom stereocenters. The predicted molar refractivity (Wildman–Crippen MR) is 109 cm³/mol. The van der Waals surface area contributed by atoms with Gasteiger partial charge in [0.1, 0.15) is 17.6 Å². The molecule has 28 heavy (non-hydrogen) atoms. The Hall–Kier alpha value is -2.96. The van der Waals surface area contributed by atoms with Gasteiger partial charge >= 0.3 is 0 Å². The highest BCUT2D eigenvalue weighted by molar-refractivity contribution is 5.79. The molecule has 0 radical (unpaired) electrons. The SMILES string of the molecule is CCOc1cc2c(cc1CNC(=NC)NCc1cccnc1OC)OC(C)C2. The van der Waals surface area contributed by atoms with Crippen molar-refractivity contribution < 1.29 is 14.2 Å². The maximum Gasteiger partial charge on any atom is 0.218 e. The third kappa shape index (κ3) is 4.65. The fraction of sp³-hybridized carbons (Fsp3) is 0.429. The Kier molecular flexibility index (Phi) is 6.57. The highest BCUT2D eigenvalue weighted by atomic mass is 16.5. The Morgan fingerprint density at radius 2 is 2.07 bits per heavy atom. The number of nitrogens with zero attached hydrogens (tertiary/aromatic N) is 2. The van der Waals surface area contributed by atoms with Crippen LogP contribution in [0.2, 0.25) is 0 Å². The second-order valence-corrected chi connectivity index (χ2v) is 6.58. The van der Waals surface area contributed by atoms with Gasteiger partial charge in [-0.05, 0) is 32.0 Å². The molecule has 7 heteroatoms. The van der Waals surface area contributed by atoms with Crippen molar-refractivity contribution in [1.82, 2.24) is 15.6 Å². The Balaban J connectivity index is 1.66. The van der Waals surface area contributed by atoms with Crippen molar-refractivity contribution in [2.45, 2.75) is 39.5 Å². The largest absolute Gasteiger partial charge is 0.494 e. The number of aliphatic imine (C=N–C) groups is 1. The number of nitrogens with one attached hydrogen (secondary N) is 2. The number of methoxy groups -OCH3 is 1. The first kappa shape index (κ1) is 19.8. The first-order valence-electron chi connectivity index (χ1n) is 9.52. The summed E-state index contributed by atoms with van der Waals surface area (Å²) < 4.78 is 17.0. The number of aromatic nitrogens is 1. The number of hydrogen-bond acceptors (Lipinski definition) is 5. The van der Waals surface area contributed by atoms with Gasteiger partial charge in [-0.1, -0.05) is 6.07 Å². The van der Waals surface area contributed by atoms with E-state index in [1.165, 1.54) is 5.56 Å². The van der Waals surface area contributed by atoms with Gasteiger partial charge in [0.05, 0.1) is 13.7 Å². The molecule has 0 aliphatic carbocycles. The summed E-state index contributed by atoms with van der Waals surface area (Å²) in [7, 11) is 3.36. The lowest BCUT2D eigenvalue weighted by molar-refractivity contribution is 0.254. The molecule has 0 amide bonds. The van der Waals surface area contributed by atoms with Gasteiger partial charge in [0.25, 0.3) is 0 Å². The summed E-state index contributed by atoms with van der Waals surface area (Å²) >= 11 is 0. The standard InChI is InChI=1S/C21H28N4O3/c1-5-27-18-10-16-9-14(2)28-19(16)11-17(18)13-25-21(22-3)24-12-15-7-6-8-23-20(15)26-4/h6-8,10-11,14H,5,9,12-13H2,1-4H3,(H2,22,24,25). The summed E-state index contributed by atoms with van der Waals surface area (Å²) in [5.74, 6) is 3.11. The molecule has 0 bridgehead atoms. The average molecular weight is 384 g/mol. The first-order chi connectivity index (χ1) is 13.6. The van der Waals surface area contributed by atoms with Crippen LogP contribution in [-0.2, 0) is 19.5 Å². The zero-order valence-electron chi connectivity index (χ0n) is 16.9. The molecule has 1 aromatic carbocycles. The number of pyridine rings is 1. The number of hydrogen-bond donors (Lipinski definition) is 2. The quantitative estimate of drug-likeness (QED) is 0.565. The van der Waals surface area contributed by atoms with Crippen LogP contribution in [-0.4, -0.2) is 37.8 Å². The topological polar surface area (TPSA) is 77.0 Å². The second-order valence-electron chi connectivity index (χ2n) is 6.58. The van der Waals surface area contributed by atoms with Gasteiger partial charge in [-0.3, -0.25) is 4.99 Å². The summed E-state index contributed by atoms with van der Waals surface area (Å²) in [5, 5.41) is 6.63. The summed E-state index contributed by atoms with van der Waals surface area (Å²) in [4.78, 5) is 8.51. The highest BCUT2D eigenvalue weighted by Gasteiger charge is 2.22. The smallest absolute Gasteiger partial charge is 0.218 e. The van der Waals surface area contributed by atoms with Crippen molar-refractivity contribution in [3.63, 3.8) is 0 Å². The number of ether oxygens (including phenoxy) is 3. The Morgan fingerprint density at radius 3 is 2.79 bits per heavy atom.